The van der Waals surface area contributed by atoms with Crippen LogP contribution in [0.2, 0.25) is 0 Å². The minimum Gasteiger partial charge on any atom is -0.748 e. The third-order valence-corrected chi connectivity index (χ3v) is 5.60. The molecule has 0 unspecified atom stereocenters. The quantitative estimate of drug-likeness (QED) is 0.110. The number of hydrogen-bond acceptors (Lipinski definition) is 7. The number of ether oxygens (including phenoxy) is 1. The Bertz CT molecular complexity index is 549. The maximum Gasteiger partial charge on any atom is 1.00 e. The first-order chi connectivity index (χ1) is 13.4. The van der Waals surface area contributed by atoms with Crippen LogP contribution >= 0.6 is 0 Å². The van der Waals surface area contributed by atoms with Crippen molar-refractivity contribution in [3.63, 3.8) is 0 Å². The summed E-state index contributed by atoms with van der Waals surface area (Å²) in [5, 5.41) is 0. The summed E-state index contributed by atoms with van der Waals surface area (Å²) in [5.74, 6) is -0.456. The van der Waals surface area contributed by atoms with E-state index in [1.165, 1.54) is 12.8 Å². The third-order valence-electron chi connectivity index (χ3n) is 4.92. The molecule has 0 aromatic carbocycles. The van der Waals surface area contributed by atoms with E-state index in [0.717, 1.165) is 58.3 Å². The van der Waals surface area contributed by atoms with Crippen LogP contribution in [0.25, 0.3) is 0 Å². The van der Waals surface area contributed by atoms with Gasteiger partial charge in [0.25, 0.3) is 0 Å². The number of piperazine rings is 1. The van der Waals surface area contributed by atoms with E-state index in [4.69, 9.17) is 4.74 Å². The molecule has 1 heterocycles. The number of esters is 1. The Morgan fingerprint density at radius 3 is 2.17 bits per heavy atom. The molecule has 0 spiro atoms. The van der Waals surface area contributed by atoms with Crippen molar-refractivity contribution in [3.05, 3.63) is 12.2 Å². The van der Waals surface area contributed by atoms with E-state index in [-0.39, 0.29) is 41.3 Å². The van der Waals surface area contributed by atoms with Crippen LogP contribution < -0.4 is 29.6 Å². The van der Waals surface area contributed by atoms with Gasteiger partial charge in [-0.1, -0.05) is 38.3 Å². The standard InChI is InChI=1S/C20H38N2O5S.Na/c1-2-3-4-5-6-7-8-9-10-11-20(23)27-18-16-21-12-14-22(15-13-21)17-19-28(24,25)26;/h4-5H,2-3,6-19H2,1H3,(H,24,25,26);/q;+1/p-1/b5-4+;. The molecular formula is C20H37N2NaO5S. The molecule has 0 aromatic rings. The Labute approximate surface area is 199 Å². The number of carbonyl (C=O) groups excluding carboxylic acids is 1. The van der Waals surface area contributed by atoms with Crippen molar-refractivity contribution in [2.75, 3.05) is 51.6 Å². The second-order valence-corrected chi connectivity index (χ2v) is 8.90. The maximum absolute atomic E-state index is 11.8. The fourth-order valence-electron chi connectivity index (χ4n) is 3.13. The fraction of sp³-hybridized carbons (Fsp3) is 0.850. The predicted molar refractivity (Wildman–Crippen MR) is 110 cm³/mol. The van der Waals surface area contributed by atoms with E-state index in [9.17, 15) is 17.8 Å². The van der Waals surface area contributed by atoms with Gasteiger partial charge in [-0.3, -0.25) is 14.6 Å². The molecule has 0 N–H and O–H groups in total. The van der Waals surface area contributed by atoms with Crippen molar-refractivity contribution in [2.24, 2.45) is 0 Å². The summed E-state index contributed by atoms with van der Waals surface area (Å²) in [6.07, 6.45) is 12.8. The smallest absolute Gasteiger partial charge is 0.748 e. The van der Waals surface area contributed by atoms with E-state index in [0.29, 0.717) is 26.1 Å². The number of rotatable bonds is 15. The van der Waals surface area contributed by atoms with Crippen LogP contribution in [0.15, 0.2) is 12.2 Å². The van der Waals surface area contributed by atoms with Gasteiger partial charge in [0.1, 0.15) is 6.61 Å². The molecule has 0 aromatic heterocycles. The Hall–Kier alpha value is 0.0400. The largest absolute Gasteiger partial charge is 1.00 e. The van der Waals surface area contributed by atoms with E-state index in [1.807, 2.05) is 4.90 Å². The van der Waals surface area contributed by atoms with Crippen molar-refractivity contribution in [2.45, 2.75) is 58.3 Å². The van der Waals surface area contributed by atoms with Gasteiger partial charge in [0.05, 0.1) is 15.9 Å². The summed E-state index contributed by atoms with van der Waals surface area (Å²) in [6.45, 7) is 6.63. The Morgan fingerprint density at radius 1 is 0.966 bits per heavy atom. The molecule has 164 valence electrons. The average molecular weight is 441 g/mol. The first kappa shape index (κ1) is 29.0. The molecule has 0 aliphatic carbocycles. The normalized spacial score (nSPS) is 16.1. The average Bonchev–Trinajstić information content (AvgIpc) is 2.65. The zero-order valence-electron chi connectivity index (χ0n) is 18.3. The van der Waals surface area contributed by atoms with Gasteiger partial charge in [-0.05, 0) is 25.7 Å². The van der Waals surface area contributed by atoms with Gasteiger partial charge in [-0.2, -0.15) is 0 Å². The monoisotopic (exact) mass is 440 g/mol. The molecule has 0 amide bonds. The van der Waals surface area contributed by atoms with Crippen molar-refractivity contribution >= 4 is 16.1 Å². The van der Waals surface area contributed by atoms with Gasteiger partial charge >= 0.3 is 35.5 Å². The summed E-state index contributed by atoms with van der Waals surface area (Å²) < 4.78 is 37.3. The minimum atomic E-state index is -4.14. The van der Waals surface area contributed by atoms with Gasteiger partial charge in [0.2, 0.25) is 0 Å². The van der Waals surface area contributed by atoms with Gasteiger partial charge in [-0.15, -0.1) is 0 Å². The number of nitrogens with zero attached hydrogens (tertiary/aromatic N) is 2. The van der Waals surface area contributed by atoms with Crippen molar-refractivity contribution < 1.29 is 52.1 Å². The second kappa shape index (κ2) is 17.7. The van der Waals surface area contributed by atoms with Gasteiger partial charge in [-0.25, -0.2) is 8.42 Å². The van der Waals surface area contributed by atoms with Crippen LogP contribution in [0.1, 0.15) is 58.3 Å². The Kier molecular flexibility index (Phi) is 17.7. The van der Waals surface area contributed by atoms with Crippen LogP contribution in [0.4, 0.5) is 0 Å². The summed E-state index contributed by atoms with van der Waals surface area (Å²) in [5.41, 5.74) is 0. The number of carbonyl (C=O) groups is 1. The molecular weight excluding hydrogens is 403 g/mol. The molecule has 1 fully saturated rings. The van der Waals surface area contributed by atoms with Crippen molar-refractivity contribution in [1.82, 2.24) is 9.80 Å². The van der Waals surface area contributed by atoms with Crippen molar-refractivity contribution in [1.29, 1.82) is 0 Å². The van der Waals surface area contributed by atoms with E-state index in [1.54, 1.807) is 0 Å². The molecule has 1 saturated heterocycles. The second-order valence-electron chi connectivity index (χ2n) is 7.38. The van der Waals surface area contributed by atoms with Crippen molar-refractivity contribution in [3.8, 4) is 0 Å². The van der Waals surface area contributed by atoms with E-state index < -0.39 is 10.1 Å². The Morgan fingerprint density at radius 2 is 1.55 bits per heavy atom. The molecule has 1 aliphatic heterocycles. The van der Waals surface area contributed by atoms with Gasteiger partial charge in [0.15, 0.2) is 0 Å². The van der Waals surface area contributed by atoms with Gasteiger partial charge < -0.3 is 9.29 Å². The molecule has 1 rings (SSSR count). The first-order valence-corrected chi connectivity index (χ1v) is 12.2. The molecule has 7 nitrogen and oxygen atoms in total. The number of hydrogen-bond donors (Lipinski definition) is 0. The Balaban J connectivity index is 0.00000784. The predicted octanol–water partition coefficient (Wildman–Crippen LogP) is -0.607. The zero-order valence-corrected chi connectivity index (χ0v) is 21.1. The van der Waals surface area contributed by atoms with Crippen LogP contribution in [0.3, 0.4) is 0 Å². The summed E-state index contributed by atoms with van der Waals surface area (Å²) >= 11 is 0. The third kappa shape index (κ3) is 17.4. The molecule has 0 radical (unpaired) electrons. The van der Waals surface area contributed by atoms with Crippen LogP contribution in [-0.4, -0.2) is 80.4 Å². The van der Waals surface area contributed by atoms with E-state index in [2.05, 4.69) is 24.0 Å². The number of allylic oxidation sites excluding steroid dienone is 2. The summed E-state index contributed by atoms with van der Waals surface area (Å²) in [7, 11) is -4.14. The molecule has 29 heavy (non-hydrogen) atoms. The van der Waals surface area contributed by atoms with Crippen LogP contribution in [-0.2, 0) is 19.6 Å². The van der Waals surface area contributed by atoms with Crippen LogP contribution in [0, 0.1) is 0 Å². The zero-order chi connectivity index (χ0) is 20.7. The maximum atomic E-state index is 11.8. The SMILES string of the molecule is CCC/C=C/CCCCCCC(=O)OCCN1CCN(CCS(=O)(=O)[O-])CC1.[Na+]. The van der Waals surface area contributed by atoms with Crippen LogP contribution in [0.5, 0.6) is 0 Å². The number of unbranched alkanes of at least 4 members (excludes halogenated alkanes) is 5. The molecule has 0 atom stereocenters. The molecule has 0 bridgehead atoms. The topological polar surface area (TPSA) is 90.0 Å². The summed E-state index contributed by atoms with van der Waals surface area (Å²) in [6, 6.07) is 0. The minimum absolute atomic E-state index is 0. The fourth-order valence-corrected chi connectivity index (χ4v) is 3.61. The molecule has 0 saturated carbocycles. The van der Waals surface area contributed by atoms with Gasteiger partial charge in [0, 0.05) is 45.7 Å². The molecule has 1 aliphatic rings. The molecule has 9 heteroatoms. The van der Waals surface area contributed by atoms with E-state index >= 15 is 0 Å². The first-order valence-electron chi connectivity index (χ1n) is 10.6. The summed E-state index contributed by atoms with van der Waals surface area (Å²) in [4.78, 5) is 16.0.